The SMILES string of the molecule is CC(=N)N.CC(=N)N(C)C.CC(=N)N1CCCC1.CC1=NCCN1C.CCNC1=NCCN1.CCNC1=NCCN1C.CN1CCCCC1.CN1CCCCC1.CN1CCCCC1.CN1CCOCC1.CN=C1NCCN1.CN=C1NCCN1C.CNCCN1CCCCC1.CNCCN1CCCCC1.CNCCN1CCOCC1.COCCN1CCCCC1.COCCN1CCCCC1.COCCN1CCOCC1. The Morgan fingerprint density at radius 2 is 0.690 bits per heavy atom. The van der Waals surface area contributed by atoms with E-state index in [1.165, 1.54) is 265 Å². The molecule has 0 radical (unpaired) electrons. The molecule has 0 bridgehead atoms. The average molecular weight is 2070 g/mol. The van der Waals surface area contributed by atoms with Crippen LogP contribution in [-0.4, -0.2) is 582 Å². The van der Waals surface area contributed by atoms with Crippen LogP contribution in [-0.2, 0) is 28.4 Å². The number of nitrogens with two attached hydrogens (primary N) is 1. The Balaban J connectivity index is 0. The molecule has 0 amide bonds. The number of hydrogen-bond donors (Lipinski definition) is 13. The highest BCUT2D eigenvalue weighted by atomic mass is 16.5. The zero-order chi connectivity index (χ0) is 107. The van der Waals surface area contributed by atoms with Gasteiger partial charge in [-0.1, -0.05) is 44.9 Å². The summed E-state index contributed by atoms with van der Waals surface area (Å²) < 4.78 is 30.5. The molecule has 0 unspecified atom stereocenters. The third kappa shape index (κ3) is 91.7. The molecule has 0 aromatic heterocycles. The lowest BCUT2D eigenvalue weighted by molar-refractivity contribution is 0.0263. The van der Waals surface area contributed by atoms with Gasteiger partial charge < -0.3 is 146 Å². The summed E-state index contributed by atoms with van der Waals surface area (Å²) >= 11 is 0. The van der Waals surface area contributed by atoms with Gasteiger partial charge in [0, 0.05) is 241 Å². The lowest BCUT2D eigenvalue weighted by Gasteiger charge is -2.26. The van der Waals surface area contributed by atoms with Gasteiger partial charge in [0.05, 0.1) is 102 Å². The van der Waals surface area contributed by atoms with Crippen LogP contribution in [0.25, 0.3) is 0 Å². The van der Waals surface area contributed by atoms with E-state index in [2.05, 4.69) is 198 Å². The molecule has 16 aliphatic heterocycles. The Morgan fingerprint density at radius 3 is 0.903 bits per heavy atom. The first-order chi connectivity index (χ1) is 70.2. The minimum Gasteiger partial charge on any atom is -0.388 e. The van der Waals surface area contributed by atoms with Gasteiger partial charge in [-0.25, -0.2) is 0 Å². The zero-order valence-electron chi connectivity index (χ0n) is 98.0. The fourth-order valence-electron chi connectivity index (χ4n) is 16.3. The van der Waals surface area contributed by atoms with Crippen molar-refractivity contribution in [3.05, 3.63) is 0 Å². The number of methoxy groups -OCH3 is 3. The van der Waals surface area contributed by atoms with Gasteiger partial charge in [-0.05, 0) is 285 Å². The second-order valence-electron chi connectivity index (χ2n) is 39.3. The molecular formula is C106H233N33O6. The average Bonchev–Trinajstić information content (AvgIpc) is 1.79. The van der Waals surface area contributed by atoms with Crippen LogP contribution >= 0.6 is 0 Å². The molecule has 39 heteroatoms. The number of amidine groups is 4. The van der Waals surface area contributed by atoms with Crippen LogP contribution in [0.4, 0.5) is 0 Å². The summed E-state index contributed by atoms with van der Waals surface area (Å²) in [5, 5.41) is 48.4. The maximum absolute atomic E-state index is 7.22. The van der Waals surface area contributed by atoms with E-state index in [1.807, 2.05) is 56.1 Å². The predicted molar refractivity (Wildman–Crippen MR) is 621 cm³/mol. The minimum absolute atomic E-state index is 0.167. The molecule has 16 aliphatic rings. The third-order valence-electron chi connectivity index (χ3n) is 26.1. The number of rotatable bonds is 20. The van der Waals surface area contributed by atoms with E-state index in [4.69, 9.17) is 50.4 Å². The summed E-state index contributed by atoms with van der Waals surface area (Å²) in [5.74, 6) is 6.56. The van der Waals surface area contributed by atoms with Crippen molar-refractivity contribution in [3.63, 3.8) is 0 Å². The number of guanidine groups is 4. The Bertz CT molecular complexity index is 2720. The van der Waals surface area contributed by atoms with Crippen LogP contribution in [0.1, 0.15) is 189 Å². The second kappa shape index (κ2) is 104. The van der Waals surface area contributed by atoms with Gasteiger partial charge in [0.25, 0.3) is 0 Å². The molecule has 0 spiro atoms. The molecular weight excluding hydrogens is 1830 g/mol. The predicted octanol–water partition coefficient (Wildman–Crippen LogP) is 6.42. The van der Waals surface area contributed by atoms with Crippen molar-refractivity contribution in [1.29, 1.82) is 16.2 Å². The number of likely N-dealkylation sites (N-methyl/N-ethyl adjacent to an activating group) is 7. The molecule has 13 fully saturated rings. The van der Waals surface area contributed by atoms with Crippen LogP contribution in [0.5, 0.6) is 0 Å². The minimum atomic E-state index is 0.167. The van der Waals surface area contributed by atoms with Gasteiger partial charge >= 0.3 is 0 Å². The molecule has 858 valence electrons. The first kappa shape index (κ1) is 141. The summed E-state index contributed by atoms with van der Waals surface area (Å²) in [6.07, 6.45) is 32.2. The highest BCUT2D eigenvalue weighted by molar-refractivity contribution is 5.83. The van der Waals surface area contributed by atoms with Crippen molar-refractivity contribution in [1.82, 2.24) is 121 Å². The molecule has 0 saturated carbocycles. The van der Waals surface area contributed by atoms with Crippen molar-refractivity contribution in [2.24, 2.45) is 30.7 Å². The molecule has 0 aromatic carbocycles. The summed E-state index contributed by atoms with van der Waals surface area (Å²) in [6.45, 7) is 68.7. The molecule has 145 heavy (non-hydrogen) atoms. The van der Waals surface area contributed by atoms with Gasteiger partial charge in [0.1, 0.15) is 0 Å². The quantitative estimate of drug-likeness (QED) is 0.0462. The highest BCUT2D eigenvalue weighted by Gasteiger charge is 2.18. The molecule has 0 aromatic rings. The first-order valence-corrected chi connectivity index (χ1v) is 56.4. The number of morpholine rings is 3. The van der Waals surface area contributed by atoms with Crippen molar-refractivity contribution < 1.29 is 28.4 Å². The molecule has 39 nitrogen and oxygen atoms in total. The highest BCUT2D eigenvalue weighted by Crippen LogP contribution is 2.13. The Hall–Kier alpha value is -5.80. The summed E-state index contributed by atoms with van der Waals surface area (Å²) in [5.41, 5.74) is 4.69. The maximum Gasteiger partial charge on any atom is 0.193 e. The van der Waals surface area contributed by atoms with Gasteiger partial charge in [0.2, 0.25) is 0 Å². The Labute approximate surface area is 889 Å². The van der Waals surface area contributed by atoms with E-state index in [1.54, 1.807) is 47.2 Å². The largest absolute Gasteiger partial charge is 0.388 e. The van der Waals surface area contributed by atoms with Crippen LogP contribution in [0.15, 0.2) is 25.0 Å². The zero-order valence-corrected chi connectivity index (χ0v) is 98.0. The summed E-state index contributed by atoms with van der Waals surface area (Å²) in [4.78, 5) is 54.9. The number of aliphatic imine (C=N–C) groups is 5. The smallest absolute Gasteiger partial charge is 0.193 e. The fourth-order valence-corrected chi connectivity index (χ4v) is 16.3. The van der Waals surface area contributed by atoms with Crippen LogP contribution in [0.2, 0.25) is 0 Å². The summed E-state index contributed by atoms with van der Waals surface area (Å²) in [6, 6.07) is 0. The normalized spacial score (nSPS) is 20.5. The van der Waals surface area contributed by atoms with Crippen molar-refractivity contribution >= 4 is 47.2 Å². The molecule has 16 heterocycles. The van der Waals surface area contributed by atoms with Gasteiger partial charge in [-0.15, -0.1) is 0 Å². The molecule has 14 N–H and O–H groups in total. The second-order valence-corrected chi connectivity index (χ2v) is 39.3. The van der Waals surface area contributed by atoms with E-state index in [0.29, 0.717) is 5.84 Å². The molecule has 0 aliphatic carbocycles. The van der Waals surface area contributed by atoms with Crippen molar-refractivity contribution in [3.8, 4) is 0 Å². The lowest BCUT2D eigenvalue weighted by Crippen LogP contribution is -2.39. The van der Waals surface area contributed by atoms with Crippen LogP contribution < -0.4 is 53.6 Å². The van der Waals surface area contributed by atoms with Crippen molar-refractivity contribution in [2.45, 2.75) is 189 Å². The van der Waals surface area contributed by atoms with E-state index >= 15 is 0 Å². The van der Waals surface area contributed by atoms with Crippen LogP contribution in [0.3, 0.4) is 0 Å². The standard InChI is InChI=1S/2C8H18N2.2C8H17NO.C7H16N2O.C7H15NO2.C6H13N3.C6H12N2.3C6H13N.2C5H11N3.C5H10N2.C5H11NO.C4H9N3.C4H10N2.C2H6N2/c2*1-9-5-8-10-6-3-2-4-7-10;2*1-10-8-7-9-5-3-2-4-6-9;1-8-2-3-9-4-6-10-7-5-9;1-9-5-2-8-3-6-10-7-4-8;1-3-7-6-8-4-5-9(6)2;1-6(7)8-4-2-3-5-8;3*1-7-5-3-2-4-6-7;1-6-5-7-3-4-8(5)2;1-2-6-5-7-3-4-8-5;1-5-6-3-4-7(5)2;1-6-2-4-7-5-3-6;1-5-4-6-2-3-7-4;1-4(5)6(2)3;1-2(3)4/h2*9H,2-8H2,1H3;2*2-8H2,1H3;8H,2-7H2,1H3;2-7H2,1H3;3-5H2,1-2H3,(H,7,8);7H,2-5H2,1H3;3*2-6H2,1H3;3-4H2,1-2H3,(H,6,7);2-4H2,1H3,(H2,6,7,8);3-4H2,1-2H3;2-5H2,1H3;2-3H2,1H3,(H2,5,6,7);5H,1-3H3;1H3,(H3,3,4). The van der Waals surface area contributed by atoms with Crippen molar-refractivity contribution in [2.75, 3.05) is 461 Å². The molecule has 16 rings (SSSR count). The van der Waals surface area contributed by atoms with E-state index in [-0.39, 0.29) is 5.84 Å². The first-order valence-electron chi connectivity index (χ1n) is 56.4. The summed E-state index contributed by atoms with van der Waals surface area (Å²) in [7, 11) is 33.4. The molecule has 0 atom stereocenters. The molecule has 13 saturated heterocycles. The Morgan fingerprint density at radius 1 is 0.372 bits per heavy atom. The number of nitrogens with one attached hydrogen (secondary N) is 12. The van der Waals surface area contributed by atoms with E-state index in [9.17, 15) is 0 Å². The number of piperidine rings is 7. The lowest BCUT2D eigenvalue weighted by atomic mass is 10.1. The maximum atomic E-state index is 7.22. The number of ether oxygens (including phenoxy) is 6. The van der Waals surface area contributed by atoms with Gasteiger partial charge in [-0.3, -0.25) is 51.0 Å². The topological polar surface area (TPSA) is 372 Å². The fraction of sp³-hybridized carbons (Fsp3) is 0.925. The van der Waals surface area contributed by atoms with E-state index in [0.717, 1.165) is 266 Å². The number of likely N-dealkylation sites (tertiary alicyclic amines) is 8. The number of hydrogen-bond acceptors (Lipinski definition) is 32. The number of nitrogens with zero attached hydrogens (tertiary/aromatic N) is 20. The van der Waals surface area contributed by atoms with Crippen LogP contribution in [0, 0.1) is 16.2 Å². The monoisotopic (exact) mass is 2060 g/mol. The Kier molecular flexibility index (Phi) is 101. The third-order valence-corrected chi connectivity index (χ3v) is 26.1. The van der Waals surface area contributed by atoms with E-state index < -0.39 is 0 Å². The van der Waals surface area contributed by atoms with Gasteiger partial charge in [-0.2, -0.15) is 0 Å². The van der Waals surface area contributed by atoms with Gasteiger partial charge in [0.15, 0.2) is 23.8 Å².